The third kappa shape index (κ3) is 4.17. The van der Waals surface area contributed by atoms with Gasteiger partial charge in [0.15, 0.2) is 0 Å². The van der Waals surface area contributed by atoms with Crippen LogP contribution in [0.15, 0.2) is 47.6 Å². The molecule has 7 nitrogen and oxygen atoms in total. The summed E-state index contributed by atoms with van der Waals surface area (Å²) in [7, 11) is -3.54. The van der Waals surface area contributed by atoms with Crippen LogP contribution >= 0.6 is 0 Å². The number of hydrogen-bond donors (Lipinski definition) is 1. The molecule has 0 aliphatic carbocycles. The maximum atomic E-state index is 12.5. The number of carbonyl (C=O) groups is 1. The quantitative estimate of drug-likeness (QED) is 0.831. The van der Waals surface area contributed by atoms with Crippen LogP contribution < -0.4 is 5.32 Å². The number of hydrogen-bond acceptors (Lipinski definition) is 4. The summed E-state index contributed by atoms with van der Waals surface area (Å²) >= 11 is 0. The van der Waals surface area contributed by atoms with Crippen LogP contribution in [-0.2, 0) is 21.4 Å². The van der Waals surface area contributed by atoms with Crippen LogP contribution in [0.3, 0.4) is 0 Å². The van der Waals surface area contributed by atoms with Gasteiger partial charge >= 0.3 is 0 Å². The van der Waals surface area contributed by atoms with E-state index in [1.165, 1.54) is 21.1 Å². The number of aromatic nitrogens is 2. The summed E-state index contributed by atoms with van der Waals surface area (Å²) in [4.78, 5) is 12.1. The zero-order valence-electron chi connectivity index (χ0n) is 13.1. The lowest BCUT2D eigenvalue weighted by atomic mass is 10.3. The Balaban J connectivity index is 2.15. The van der Waals surface area contributed by atoms with Gasteiger partial charge in [-0.3, -0.25) is 9.48 Å². The Bertz CT molecular complexity index is 753. The van der Waals surface area contributed by atoms with Gasteiger partial charge in [0.25, 0.3) is 0 Å². The second-order valence-electron chi connectivity index (χ2n) is 4.87. The summed E-state index contributed by atoms with van der Waals surface area (Å²) in [5.74, 6) is -0.272. The maximum absolute atomic E-state index is 12.5. The van der Waals surface area contributed by atoms with Gasteiger partial charge in [0.1, 0.15) is 6.54 Å². The van der Waals surface area contributed by atoms with E-state index in [-0.39, 0.29) is 17.3 Å². The largest absolute Gasteiger partial charge is 0.324 e. The fraction of sp³-hybridized carbons (Fsp3) is 0.333. The van der Waals surface area contributed by atoms with Crippen molar-refractivity contribution in [1.29, 1.82) is 0 Å². The number of nitrogens with one attached hydrogen (secondary N) is 1. The summed E-state index contributed by atoms with van der Waals surface area (Å²) < 4.78 is 27.8. The number of benzene rings is 1. The molecule has 0 radical (unpaired) electrons. The molecule has 0 saturated carbocycles. The maximum Gasteiger partial charge on any atom is 0.246 e. The minimum absolute atomic E-state index is 0.0695. The summed E-state index contributed by atoms with van der Waals surface area (Å²) in [5.41, 5.74) is 0.440. The van der Waals surface area contributed by atoms with E-state index in [0.29, 0.717) is 18.8 Å². The van der Waals surface area contributed by atoms with Crippen LogP contribution in [0.25, 0.3) is 0 Å². The summed E-state index contributed by atoms with van der Waals surface area (Å²) in [5, 5.41) is 6.64. The number of amides is 1. The SMILES string of the molecule is CCN(CC)S(=O)(=O)c1cccc(NC(=O)Cn2cccn2)c1. The Kier molecular flexibility index (Phi) is 5.51. The van der Waals surface area contributed by atoms with Crippen molar-refractivity contribution < 1.29 is 13.2 Å². The molecular formula is C15H20N4O3S. The number of carbonyl (C=O) groups excluding carboxylic acids is 1. The monoisotopic (exact) mass is 336 g/mol. The van der Waals surface area contributed by atoms with E-state index in [9.17, 15) is 13.2 Å². The second-order valence-corrected chi connectivity index (χ2v) is 6.81. The molecule has 0 spiro atoms. The molecule has 1 N–H and O–H groups in total. The Morgan fingerprint density at radius 2 is 2.00 bits per heavy atom. The van der Waals surface area contributed by atoms with Gasteiger partial charge in [-0.05, 0) is 24.3 Å². The Hall–Kier alpha value is -2.19. The van der Waals surface area contributed by atoms with Crippen molar-refractivity contribution in [2.45, 2.75) is 25.3 Å². The first-order valence-corrected chi connectivity index (χ1v) is 8.79. The van der Waals surface area contributed by atoms with Crippen molar-refractivity contribution in [3.63, 3.8) is 0 Å². The lowest BCUT2D eigenvalue weighted by molar-refractivity contribution is -0.116. The van der Waals surface area contributed by atoms with Gasteiger partial charge in [0, 0.05) is 31.2 Å². The predicted octanol–water partition coefficient (Wildman–Crippen LogP) is 1.55. The molecule has 2 rings (SSSR count). The fourth-order valence-electron chi connectivity index (χ4n) is 2.19. The minimum atomic E-state index is -3.54. The smallest absolute Gasteiger partial charge is 0.246 e. The molecule has 0 atom stereocenters. The summed E-state index contributed by atoms with van der Waals surface area (Å²) in [6.07, 6.45) is 3.27. The predicted molar refractivity (Wildman–Crippen MR) is 87.4 cm³/mol. The topological polar surface area (TPSA) is 84.3 Å². The minimum Gasteiger partial charge on any atom is -0.324 e. The molecule has 0 aliphatic rings. The molecular weight excluding hydrogens is 316 g/mol. The normalized spacial score (nSPS) is 11.6. The van der Waals surface area contributed by atoms with Crippen LogP contribution in [0.1, 0.15) is 13.8 Å². The first-order valence-electron chi connectivity index (χ1n) is 7.35. The highest BCUT2D eigenvalue weighted by molar-refractivity contribution is 7.89. The molecule has 0 unspecified atom stereocenters. The Morgan fingerprint density at radius 1 is 1.26 bits per heavy atom. The van der Waals surface area contributed by atoms with E-state index < -0.39 is 10.0 Å². The molecule has 0 bridgehead atoms. The first kappa shape index (κ1) is 17.2. The fourth-order valence-corrected chi connectivity index (χ4v) is 3.69. The number of nitrogens with zero attached hydrogens (tertiary/aromatic N) is 3. The van der Waals surface area contributed by atoms with Gasteiger partial charge in [-0.25, -0.2) is 8.42 Å². The van der Waals surface area contributed by atoms with Gasteiger partial charge in [-0.1, -0.05) is 19.9 Å². The molecule has 23 heavy (non-hydrogen) atoms. The summed E-state index contributed by atoms with van der Waals surface area (Å²) in [6.45, 7) is 4.44. The zero-order chi connectivity index (χ0) is 16.9. The van der Waals surface area contributed by atoms with Crippen molar-refractivity contribution in [3.8, 4) is 0 Å². The van der Waals surface area contributed by atoms with E-state index in [1.54, 1.807) is 44.4 Å². The molecule has 2 aromatic rings. The van der Waals surface area contributed by atoms with Crippen LogP contribution in [0.4, 0.5) is 5.69 Å². The third-order valence-electron chi connectivity index (χ3n) is 3.33. The molecule has 0 fully saturated rings. The van der Waals surface area contributed by atoms with Gasteiger partial charge in [0.2, 0.25) is 15.9 Å². The van der Waals surface area contributed by atoms with E-state index >= 15 is 0 Å². The molecule has 1 aromatic heterocycles. The molecule has 1 aromatic carbocycles. The van der Waals surface area contributed by atoms with Gasteiger partial charge in [0.05, 0.1) is 4.90 Å². The average Bonchev–Trinajstić information content (AvgIpc) is 3.01. The van der Waals surface area contributed by atoms with Crippen molar-refractivity contribution >= 4 is 21.6 Å². The third-order valence-corrected chi connectivity index (χ3v) is 5.37. The Labute approximate surface area is 136 Å². The highest BCUT2D eigenvalue weighted by Crippen LogP contribution is 2.19. The van der Waals surface area contributed by atoms with Crippen LogP contribution in [0, 0.1) is 0 Å². The van der Waals surface area contributed by atoms with Gasteiger partial charge in [-0.15, -0.1) is 0 Å². The van der Waals surface area contributed by atoms with Crippen LogP contribution in [-0.4, -0.2) is 41.5 Å². The van der Waals surface area contributed by atoms with Crippen molar-refractivity contribution in [2.75, 3.05) is 18.4 Å². The molecule has 124 valence electrons. The number of anilines is 1. The molecule has 1 heterocycles. The zero-order valence-corrected chi connectivity index (χ0v) is 14.0. The standard InChI is InChI=1S/C15H20N4O3S/c1-3-19(4-2)23(21,22)14-8-5-7-13(11-14)17-15(20)12-18-10-6-9-16-18/h5-11H,3-4,12H2,1-2H3,(H,17,20). The number of rotatable bonds is 7. The van der Waals surface area contributed by atoms with E-state index in [2.05, 4.69) is 10.4 Å². The summed E-state index contributed by atoms with van der Waals surface area (Å²) in [6, 6.07) is 7.98. The lowest BCUT2D eigenvalue weighted by Gasteiger charge is -2.18. The van der Waals surface area contributed by atoms with E-state index in [4.69, 9.17) is 0 Å². The molecule has 0 saturated heterocycles. The molecule has 8 heteroatoms. The Morgan fingerprint density at radius 3 is 2.61 bits per heavy atom. The molecule has 1 amide bonds. The average molecular weight is 336 g/mol. The van der Waals surface area contributed by atoms with Crippen LogP contribution in [0.2, 0.25) is 0 Å². The number of sulfonamides is 1. The lowest BCUT2D eigenvalue weighted by Crippen LogP contribution is -2.30. The highest BCUT2D eigenvalue weighted by atomic mass is 32.2. The van der Waals surface area contributed by atoms with Gasteiger partial charge < -0.3 is 5.32 Å². The van der Waals surface area contributed by atoms with Gasteiger partial charge in [-0.2, -0.15) is 9.40 Å². The van der Waals surface area contributed by atoms with E-state index in [1.807, 2.05) is 0 Å². The van der Waals surface area contributed by atoms with E-state index in [0.717, 1.165) is 0 Å². The van der Waals surface area contributed by atoms with Crippen LogP contribution in [0.5, 0.6) is 0 Å². The molecule has 0 aliphatic heterocycles. The second kappa shape index (κ2) is 7.38. The highest BCUT2D eigenvalue weighted by Gasteiger charge is 2.21. The first-order chi connectivity index (χ1) is 11.0. The van der Waals surface area contributed by atoms with Crippen molar-refractivity contribution in [3.05, 3.63) is 42.7 Å². The van der Waals surface area contributed by atoms with Crippen molar-refractivity contribution in [1.82, 2.24) is 14.1 Å². The van der Waals surface area contributed by atoms with Crippen molar-refractivity contribution in [2.24, 2.45) is 0 Å².